The predicted molar refractivity (Wildman–Crippen MR) is 92.8 cm³/mol. The molecule has 1 heterocycles. The smallest absolute Gasteiger partial charge is 0.262 e. The molecule has 0 saturated carbocycles. The van der Waals surface area contributed by atoms with Crippen LogP contribution in [-0.2, 0) is 11.2 Å². The Hall–Kier alpha value is -2.53. The van der Waals surface area contributed by atoms with Crippen LogP contribution < -0.4 is 15.0 Å². The first-order chi connectivity index (χ1) is 11.6. The molecule has 0 radical (unpaired) electrons. The van der Waals surface area contributed by atoms with E-state index in [-0.39, 0.29) is 11.8 Å². The van der Waals surface area contributed by atoms with Crippen LogP contribution in [0.1, 0.15) is 15.9 Å². The van der Waals surface area contributed by atoms with E-state index in [2.05, 4.69) is 5.32 Å². The van der Waals surface area contributed by atoms with Crippen molar-refractivity contribution in [3.8, 4) is 5.75 Å². The lowest BCUT2D eigenvalue weighted by molar-refractivity contribution is -0.121. The number of carbonyl (C=O) groups excluding carboxylic acids is 2. The van der Waals surface area contributed by atoms with Crippen LogP contribution in [0.15, 0.2) is 42.5 Å². The van der Waals surface area contributed by atoms with Gasteiger partial charge in [0.05, 0.1) is 12.7 Å². The highest BCUT2D eigenvalue weighted by Gasteiger charge is 2.39. The average molecular weight is 345 g/mol. The highest BCUT2D eigenvalue weighted by molar-refractivity contribution is 6.31. The van der Waals surface area contributed by atoms with Crippen molar-refractivity contribution in [1.82, 2.24) is 5.32 Å². The summed E-state index contributed by atoms with van der Waals surface area (Å²) < 4.78 is 5.28. The van der Waals surface area contributed by atoms with Crippen molar-refractivity contribution in [2.75, 3.05) is 19.1 Å². The molecule has 2 aromatic carbocycles. The van der Waals surface area contributed by atoms with Crippen molar-refractivity contribution < 1.29 is 14.3 Å². The molecule has 1 N–H and O–H groups in total. The fourth-order valence-corrected chi connectivity index (χ4v) is 3.16. The molecule has 2 amide bonds. The molecule has 0 aliphatic carbocycles. The van der Waals surface area contributed by atoms with Gasteiger partial charge in [-0.15, -0.1) is 0 Å². The van der Waals surface area contributed by atoms with Crippen LogP contribution >= 0.6 is 11.6 Å². The molecule has 1 atom stereocenters. The van der Waals surface area contributed by atoms with Crippen LogP contribution in [0.4, 0.5) is 5.69 Å². The largest absolute Gasteiger partial charge is 0.496 e. The second kappa shape index (κ2) is 6.53. The number of hydrogen-bond donors (Lipinski definition) is 1. The molecule has 0 bridgehead atoms. The van der Waals surface area contributed by atoms with Gasteiger partial charge in [0.1, 0.15) is 11.8 Å². The summed E-state index contributed by atoms with van der Waals surface area (Å²) in [5.41, 5.74) is 2.02. The molecule has 3 rings (SSSR count). The Morgan fingerprint density at radius 3 is 2.71 bits per heavy atom. The minimum Gasteiger partial charge on any atom is -0.496 e. The first kappa shape index (κ1) is 16.3. The molecule has 6 heteroatoms. The van der Waals surface area contributed by atoms with Crippen molar-refractivity contribution in [3.63, 3.8) is 0 Å². The first-order valence-electron chi connectivity index (χ1n) is 7.53. The SMILES string of the molecule is CNC(=O)C1Cc2ccccc2N1C(=O)c1cc(Cl)ccc1OC. The number of methoxy groups -OCH3 is 1. The van der Waals surface area contributed by atoms with E-state index in [0.717, 1.165) is 11.3 Å². The highest BCUT2D eigenvalue weighted by Crippen LogP contribution is 2.35. The third-order valence-electron chi connectivity index (χ3n) is 4.14. The van der Waals surface area contributed by atoms with Crippen molar-refractivity contribution in [2.45, 2.75) is 12.5 Å². The van der Waals surface area contributed by atoms with Gasteiger partial charge in [-0.05, 0) is 29.8 Å². The van der Waals surface area contributed by atoms with Crippen molar-refractivity contribution in [3.05, 3.63) is 58.6 Å². The van der Waals surface area contributed by atoms with Gasteiger partial charge in [-0.25, -0.2) is 0 Å². The number of nitrogens with one attached hydrogen (secondary N) is 1. The number of anilines is 1. The number of benzene rings is 2. The van der Waals surface area contributed by atoms with Crippen molar-refractivity contribution in [2.24, 2.45) is 0 Å². The van der Waals surface area contributed by atoms with E-state index in [9.17, 15) is 9.59 Å². The molecule has 0 saturated heterocycles. The summed E-state index contributed by atoms with van der Waals surface area (Å²) in [5, 5.41) is 3.06. The zero-order valence-corrected chi connectivity index (χ0v) is 14.1. The van der Waals surface area contributed by atoms with Gasteiger partial charge in [-0.1, -0.05) is 29.8 Å². The van der Waals surface area contributed by atoms with Gasteiger partial charge in [-0.3, -0.25) is 14.5 Å². The summed E-state index contributed by atoms with van der Waals surface area (Å²) in [4.78, 5) is 27.0. The van der Waals surface area contributed by atoms with Crippen LogP contribution in [0, 0.1) is 0 Å². The normalized spacial score (nSPS) is 15.8. The zero-order chi connectivity index (χ0) is 17.3. The van der Waals surface area contributed by atoms with E-state index >= 15 is 0 Å². The molecule has 1 unspecified atom stereocenters. The van der Waals surface area contributed by atoms with E-state index in [1.54, 1.807) is 25.2 Å². The maximum atomic E-state index is 13.2. The maximum absolute atomic E-state index is 13.2. The Morgan fingerprint density at radius 1 is 1.25 bits per heavy atom. The molecule has 0 fully saturated rings. The van der Waals surface area contributed by atoms with Gasteiger partial charge in [0.2, 0.25) is 5.91 Å². The number of hydrogen-bond acceptors (Lipinski definition) is 3. The molecule has 1 aliphatic heterocycles. The average Bonchev–Trinajstić information content (AvgIpc) is 2.99. The molecule has 1 aliphatic rings. The molecular formula is C18H17ClN2O3. The molecular weight excluding hydrogens is 328 g/mol. The minimum absolute atomic E-state index is 0.208. The number of carbonyl (C=O) groups is 2. The van der Waals surface area contributed by atoms with E-state index in [4.69, 9.17) is 16.3 Å². The summed E-state index contributed by atoms with van der Waals surface area (Å²) in [6, 6.07) is 11.8. The highest BCUT2D eigenvalue weighted by atomic mass is 35.5. The molecule has 2 aromatic rings. The van der Waals surface area contributed by atoms with Gasteiger partial charge in [0, 0.05) is 24.2 Å². The summed E-state index contributed by atoms with van der Waals surface area (Å²) in [7, 11) is 3.06. The lowest BCUT2D eigenvalue weighted by Gasteiger charge is -2.25. The van der Waals surface area contributed by atoms with Crippen molar-refractivity contribution in [1.29, 1.82) is 0 Å². The Kier molecular flexibility index (Phi) is 4.44. The first-order valence-corrected chi connectivity index (χ1v) is 7.91. The van der Waals surface area contributed by atoms with Crippen LogP contribution in [0.25, 0.3) is 0 Å². The fourth-order valence-electron chi connectivity index (χ4n) is 2.99. The van der Waals surface area contributed by atoms with Gasteiger partial charge in [0.25, 0.3) is 5.91 Å². The van der Waals surface area contributed by atoms with Crippen molar-refractivity contribution >= 4 is 29.1 Å². The number of fused-ring (bicyclic) bond motifs is 1. The fraction of sp³-hybridized carbons (Fsp3) is 0.222. The predicted octanol–water partition coefficient (Wildman–Crippen LogP) is 2.67. The molecule has 24 heavy (non-hydrogen) atoms. The number of para-hydroxylation sites is 1. The van der Waals surface area contributed by atoms with Crippen LogP contribution in [0.3, 0.4) is 0 Å². The van der Waals surface area contributed by atoms with E-state index < -0.39 is 6.04 Å². The van der Waals surface area contributed by atoms with E-state index in [1.807, 2.05) is 24.3 Å². The van der Waals surface area contributed by atoms with Gasteiger partial charge >= 0.3 is 0 Å². The number of rotatable bonds is 3. The van der Waals surface area contributed by atoms with E-state index in [1.165, 1.54) is 12.0 Å². The second-order valence-electron chi connectivity index (χ2n) is 5.48. The Bertz CT molecular complexity index is 807. The maximum Gasteiger partial charge on any atom is 0.262 e. The molecule has 0 spiro atoms. The number of ether oxygens (including phenoxy) is 1. The summed E-state index contributed by atoms with van der Waals surface area (Å²) in [5.74, 6) is -0.0992. The molecule has 5 nitrogen and oxygen atoms in total. The lowest BCUT2D eigenvalue weighted by Crippen LogP contribution is -2.47. The minimum atomic E-state index is -0.594. The number of amides is 2. The molecule has 0 aromatic heterocycles. The Balaban J connectivity index is 2.09. The number of halogens is 1. The monoisotopic (exact) mass is 344 g/mol. The van der Waals surface area contributed by atoms with Gasteiger partial charge in [-0.2, -0.15) is 0 Å². The van der Waals surface area contributed by atoms with Gasteiger partial charge in [0.15, 0.2) is 0 Å². The zero-order valence-electron chi connectivity index (χ0n) is 13.4. The quantitative estimate of drug-likeness (QED) is 0.931. The third-order valence-corrected chi connectivity index (χ3v) is 4.37. The Labute approximate surface area is 145 Å². The Morgan fingerprint density at radius 2 is 2.00 bits per heavy atom. The van der Waals surface area contributed by atoms with Gasteiger partial charge < -0.3 is 10.1 Å². The number of nitrogens with zero attached hydrogens (tertiary/aromatic N) is 1. The topological polar surface area (TPSA) is 58.6 Å². The van der Waals surface area contributed by atoms with Crippen LogP contribution in [-0.4, -0.2) is 32.0 Å². The van der Waals surface area contributed by atoms with Crippen LogP contribution in [0.5, 0.6) is 5.75 Å². The summed E-state index contributed by atoms with van der Waals surface area (Å²) in [6.07, 6.45) is 0.477. The third kappa shape index (κ3) is 2.71. The van der Waals surface area contributed by atoms with E-state index in [0.29, 0.717) is 22.8 Å². The summed E-state index contributed by atoms with van der Waals surface area (Å²) >= 11 is 6.05. The lowest BCUT2D eigenvalue weighted by atomic mass is 10.1. The number of likely N-dealkylation sites (N-methyl/N-ethyl adjacent to an activating group) is 1. The second-order valence-corrected chi connectivity index (χ2v) is 5.92. The molecule has 124 valence electrons. The van der Waals surface area contributed by atoms with Crippen LogP contribution in [0.2, 0.25) is 5.02 Å². The summed E-state index contributed by atoms with van der Waals surface area (Å²) in [6.45, 7) is 0. The standard InChI is InChI=1S/C18H17ClN2O3/c1-20-17(22)15-9-11-5-3-4-6-14(11)21(15)18(23)13-10-12(19)7-8-16(13)24-2/h3-8,10,15H,9H2,1-2H3,(H,20,22).